The number of nitrogens with one attached hydrogen (secondary N) is 2. The van der Waals surface area contributed by atoms with Crippen LogP contribution in [0.25, 0.3) is 11.3 Å². The lowest BCUT2D eigenvalue weighted by Crippen LogP contribution is -2.45. The van der Waals surface area contributed by atoms with Crippen molar-refractivity contribution in [2.45, 2.75) is 32.2 Å². The summed E-state index contributed by atoms with van der Waals surface area (Å²) in [6, 6.07) is 8.89. The number of methoxy groups -OCH3 is 1. The molecule has 3 N–H and O–H groups in total. The molecule has 0 radical (unpaired) electrons. The van der Waals surface area contributed by atoms with E-state index in [4.69, 9.17) is 9.47 Å². The summed E-state index contributed by atoms with van der Waals surface area (Å²) in [6.45, 7) is 2.29. The van der Waals surface area contributed by atoms with Crippen LogP contribution in [-0.2, 0) is 32.2 Å². The number of benzene rings is 2. The quantitative estimate of drug-likeness (QED) is 0.632. The molecule has 0 saturated carbocycles. The average molecular weight is 412 g/mol. The molecule has 0 bridgehead atoms. The lowest BCUT2D eigenvalue weighted by Gasteiger charge is -2.20. The fourth-order valence-electron chi connectivity index (χ4n) is 3.72. The first-order valence-corrected chi connectivity index (χ1v) is 9.48. The zero-order valence-corrected chi connectivity index (χ0v) is 16.5. The van der Waals surface area contributed by atoms with E-state index in [9.17, 15) is 19.1 Å². The van der Waals surface area contributed by atoms with Gasteiger partial charge in [0, 0.05) is 36.0 Å². The van der Waals surface area contributed by atoms with Gasteiger partial charge in [-0.3, -0.25) is 14.9 Å². The Labute approximate surface area is 172 Å². The van der Waals surface area contributed by atoms with Gasteiger partial charge in [-0.2, -0.15) is 0 Å². The van der Waals surface area contributed by atoms with Crippen LogP contribution in [0.2, 0.25) is 0 Å². The Hall–Kier alpha value is -3.23. The van der Waals surface area contributed by atoms with Crippen molar-refractivity contribution in [3.63, 3.8) is 0 Å². The monoisotopic (exact) mass is 412 g/mol. The maximum absolute atomic E-state index is 13.7. The van der Waals surface area contributed by atoms with Crippen LogP contribution in [0, 0.1) is 5.82 Å². The number of carbonyl (C=O) groups excluding carboxylic acids is 1. The van der Waals surface area contributed by atoms with E-state index >= 15 is 0 Å². The van der Waals surface area contributed by atoms with E-state index in [0.29, 0.717) is 29.1 Å². The van der Waals surface area contributed by atoms with Gasteiger partial charge in [-0.15, -0.1) is 0 Å². The van der Waals surface area contributed by atoms with Crippen molar-refractivity contribution < 1.29 is 28.6 Å². The van der Waals surface area contributed by atoms with Crippen LogP contribution < -0.4 is 10.6 Å². The van der Waals surface area contributed by atoms with Gasteiger partial charge in [-0.05, 0) is 30.7 Å². The van der Waals surface area contributed by atoms with Crippen molar-refractivity contribution in [1.82, 2.24) is 5.32 Å². The largest absolute Gasteiger partial charge is 0.487 e. The Morgan fingerprint density at radius 2 is 2.10 bits per heavy atom. The molecule has 0 saturated heterocycles. The van der Waals surface area contributed by atoms with Gasteiger partial charge in [0.15, 0.2) is 0 Å². The van der Waals surface area contributed by atoms with Crippen molar-refractivity contribution >= 4 is 28.9 Å². The number of hydrogen-bond acceptors (Lipinski definition) is 5. The van der Waals surface area contributed by atoms with E-state index in [0.717, 1.165) is 16.7 Å². The first-order chi connectivity index (χ1) is 14.4. The molecule has 8 heteroatoms. The van der Waals surface area contributed by atoms with Gasteiger partial charge in [0.2, 0.25) is 0 Å². The number of carboxylic acid groups (broad SMARTS) is 1. The van der Waals surface area contributed by atoms with E-state index in [1.807, 2.05) is 18.2 Å². The summed E-state index contributed by atoms with van der Waals surface area (Å²) in [5.41, 5.74) is 3.86. The third-order valence-electron chi connectivity index (χ3n) is 5.37. The molecule has 0 aromatic heterocycles. The Bertz CT molecular complexity index is 1070. The maximum Gasteiger partial charge on any atom is 0.323 e. The number of carboxylic acids is 1. The summed E-state index contributed by atoms with van der Waals surface area (Å²) in [7, 11) is 1.47. The lowest BCUT2D eigenvalue weighted by molar-refractivity contribution is -0.142. The second kappa shape index (κ2) is 7.89. The van der Waals surface area contributed by atoms with E-state index in [-0.39, 0.29) is 12.5 Å². The summed E-state index contributed by atoms with van der Waals surface area (Å²) in [5.74, 6) is -1.33. The van der Waals surface area contributed by atoms with Crippen molar-refractivity contribution in [2.24, 2.45) is 0 Å². The van der Waals surface area contributed by atoms with Crippen molar-refractivity contribution in [2.75, 3.05) is 12.4 Å². The van der Waals surface area contributed by atoms with E-state index in [2.05, 4.69) is 10.6 Å². The predicted molar refractivity (Wildman–Crippen MR) is 108 cm³/mol. The molecule has 0 fully saturated rings. The summed E-state index contributed by atoms with van der Waals surface area (Å²) in [4.78, 5) is 23.9. The highest BCUT2D eigenvalue weighted by molar-refractivity contribution is 6.36. The molecule has 2 atom stereocenters. The fraction of sp³-hybridized carbons (Fsp3) is 0.273. The standard InChI is InChI=1S/C22H21FN2O5/c1-11(29-2)19(22(27)28)24-9-12-3-5-15-13(7-12)10-30-20(15)18-16-8-14(23)4-6-17(16)25-21(18)26/h3-8,11,19,24H,9-10H2,1-2H3,(H,25,26)(H,27,28)/t11-,19+/m0/s1. The van der Waals surface area contributed by atoms with Crippen LogP contribution in [-0.4, -0.2) is 36.2 Å². The van der Waals surface area contributed by atoms with Crippen molar-refractivity contribution in [3.05, 3.63) is 64.5 Å². The van der Waals surface area contributed by atoms with Crippen LogP contribution in [0.15, 0.2) is 36.4 Å². The molecule has 2 aliphatic rings. The van der Waals surface area contributed by atoms with E-state index in [1.54, 1.807) is 6.92 Å². The van der Waals surface area contributed by atoms with Gasteiger partial charge in [-0.25, -0.2) is 4.39 Å². The molecule has 2 aromatic carbocycles. The van der Waals surface area contributed by atoms with Crippen LogP contribution >= 0.6 is 0 Å². The molecule has 4 rings (SSSR count). The Morgan fingerprint density at radius 3 is 2.83 bits per heavy atom. The highest BCUT2D eigenvalue weighted by atomic mass is 19.1. The minimum Gasteiger partial charge on any atom is -0.487 e. The molecule has 0 unspecified atom stereocenters. The smallest absolute Gasteiger partial charge is 0.323 e. The molecule has 0 spiro atoms. The highest BCUT2D eigenvalue weighted by Crippen LogP contribution is 2.41. The zero-order valence-electron chi connectivity index (χ0n) is 16.5. The molecule has 2 aliphatic heterocycles. The number of ether oxygens (including phenoxy) is 2. The summed E-state index contributed by atoms with van der Waals surface area (Å²) >= 11 is 0. The molecule has 2 heterocycles. The second-order valence-electron chi connectivity index (χ2n) is 7.27. The number of halogens is 1. The lowest BCUT2D eigenvalue weighted by atomic mass is 9.99. The minimum atomic E-state index is -0.987. The number of aliphatic carboxylic acids is 1. The van der Waals surface area contributed by atoms with Crippen LogP contribution in [0.1, 0.15) is 29.2 Å². The van der Waals surface area contributed by atoms with Crippen LogP contribution in [0.3, 0.4) is 0 Å². The highest BCUT2D eigenvalue weighted by Gasteiger charge is 2.33. The normalized spacial score (nSPS) is 19.0. The van der Waals surface area contributed by atoms with Crippen molar-refractivity contribution in [1.29, 1.82) is 0 Å². The molecule has 30 heavy (non-hydrogen) atoms. The van der Waals surface area contributed by atoms with Crippen LogP contribution in [0.4, 0.5) is 10.1 Å². The first-order valence-electron chi connectivity index (χ1n) is 9.48. The predicted octanol–water partition coefficient (Wildman–Crippen LogP) is 2.75. The molecule has 7 nitrogen and oxygen atoms in total. The summed E-state index contributed by atoms with van der Waals surface area (Å²) in [6.07, 6.45) is -0.488. The van der Waals surface area contributed by atoms with Crippen molar-refractivity contribution in [3.8, 4) is 0 Å². The maximum atomic E-state index is 13.7. The average Bonchev–Trinajstić information content (AvgIpc) is 3.26. The van der Waals surface area contributed by atoms with Gasteiger partial charge in [0.1, 0.15) is 24.2 Å². The van der Waals surface area contributed by atoms with Gasteiger partial charge < -0.3 is 19.9 Å². The fourth-order valence-corrected chi connectivity index (χ4v) is 3.72. The zero-order chi connectivity index (χ0) is 21.4. The first kappa shape index (κ1) is 20.1. The number of hydrogen-bond donors (Lipinski definition) is 3. The van der Waals surface area contributed by atoms with Crippen LogP contribution in [0.5, 0.6) is 0 Å². The number of anilines is 1. The number of amides is 1. The molecule has 156 valence electrons. The van der Waals surface area contributed by atoms with E-state index in [1.165, 1.54) is 25.3 Å². The molecular weight excluding hydrogens is 391 g/mol. The van der Waals surface area contributed by atoms with Gasteiger partial charge in [0.25, 0.3) is 5.91 Å². The number of fused-ring (bicyclic) bond motifs is 2. The Morgan fingerprint density at radius 1 is 1.30 bits per heavy atom. The van der Waals surface area contributed by atoms with E-state index < -0.39 is 23.9 Å². The summed E-state index contributed by atoms with van der Waals surface area (Å²) in [5, 5.41) is 15.1. The SMILES string of the molecule is CO[C@@H](C)[C@@H](NCc1ccc2c(c1)COC2=C1C(=O)Nc2ccc(F)cc21)C(=O)O. The number of carbonyl (C=O) groups is 2. The van der Waals surface area contributed by atoms with Gasteiger partial charge in [0.05, 0.1) is 11.7 Å². The molecule has 1 amide bonds. The second-order valence-corrected chi connectivity index (χ2v) is 7.27. The summed E-state index contributed by atoms with van der Waals surface area (Å²) < 4.78 is 24.7. The third-order valence-corrected chi connectivity index (χ3v) is 5.37. The Balaban J connectivity index is 1.61. The molecular formula is C22H21FN2O5. The third kappa shape index (κ3) is 3.55. The Kier molecular flexibility index (Phi) is 5.27. The minimum absolute atomic E-state index is 0.275. The molecule has 0 aliphatic carbocycles. The molecule has 2 aromatic rings. The topological polar surface area (TPSA) is 96.9 Å². The van der Waals surface area contributed by atoms with Gasteiger partial charge in [-0.1, -0.05) is 18.2 Å². The van der Waals surface area contributed by atoms with Gasteiger partial charge >= 0.3 is 5.97 Å². The number of rotatable bonds is 6.